The molecule has 152 valence electrons. The molecule has 0 fully saturated rings. The van der Waals surface area contributed by atoms with Crippen LogP contribution in [0.3, 0.4) is 0 Å². The Hall–Kier alpha value is -3.06. The molecular formula is C15H18FN5O6S. The zero-order valence-corrected chi connectivity index (χ0v) is 15.9. The van der Waals surface area contributed by atoms with E-state index in [0.29, 0.717) is 0 Å². The minimum absolute atomic E-state index is 0.0691. The highest BCUT2D eigenvalue weighted by molar-refractivity contribution is 7.90. The average Bonchev–Trinajstić information content (AvgIpc) is 2.66. The van der Waals surface area contributed by atoms with E-state index in [1.807, 2.05) is 0 Å². The largest absolute Gasteiger partial charge is 0.481 e. The monoisotopic (exact) mass is 415 g/mol. The van der Waals surface area contributed by atoms with E-state index in [4.69, 9.17) is 9.47 Å². The van der Waals surface area contributed by atoms with Crippen LogP contribution in [0.5, 0.6) is 11.8 Å². The van der Waals surface area contributed by atoms with Crippen molar-refractivity contribution in [2.75, 3.05) is 19.5 Å². The number of alkyl halides is 1. The van der Waals surface area contributed by atoms with Crippen LogP contribution < -0.4 is 19.5 Å². The fourth-order valence-electron chi connectivity index (χ4n) is 2.04. The molecule has 0 aromatic carbocycles. The lowest BCUT2D eigenvalue weighted by Gasteiger charge is -2.16. The molecule has 28 heavy (non-hydrogen) atoms. The first-order chi connectivity index (χ1) is 13.2. The predicted octanol–water partition coefficient (Wildman–Crippen LogP) is 0.791. The number of nitrogens with zero attached hydrogens (tertiary/aromatic N) is 3. The van der Waals surface area contributed by atoms with Crippen LogP contribution in [0, 0.1) is 0 Å². The number of rotatable bonds is 7. The quantitative estimate of drug-likeness (QED) is 0.596. The molecule has 0 aliphatic rings. The lowest BCUT2D eigenvalue weighted by molar-refractivity contribution is 0.0821. The minimum Gasteiger partial charge on any atom is -0.481 e. The Balaban J connectivity index is 2.25. The van der Waals surface area contributed by atoms with E-state index in [2.05, 4.69) is 20.3 Å². The second kappa shape index (κ2) is 8.75. The van der Waals surface area contributed by atoms with Gasteiger partial charge in [-0.3, -0.25) is 10.3 Å². The summed E-state index contributed by atoms with van der Waals surface area (Å²) in [6, 6.07) is 2.49. The van der Waals surface area contributed by atoms with Crippen LogP contribution in [0.15, 0.2) is 29.3 Å². The van der Waals surface area contributed by atoms with Gasteiger partial charge in [0, 0.05) is 6.20 Å². The molecule has 0 aliphatic carbocycles. The Labute approximate surface area is 160 Å². The molecule has 0 saturated carbocycles. The molecule has 3 N–H and O–H groups in total. The van der Waals surface area contributed by atoms with Gasteiger partial charge in [-0.2, -0.15) is 9.97 Å². The summed E-state index contributed by atoms with van der Waals surface area (Å²) in [5.74, 6) is -0.146. The van der Waals surface area contributed by atoms with Gasteiger partial charge >= 0.3 is 6.03 Å². The van der Waals surface area contributed by atoms with Crippen LogP contribution in [-0.2, 0) is 10.0 Å². The molecule has 2 amide bonds. The molecule has 11 nitrogen and oxygen atoms in total. The zero-order chi connectivity index (χ0) is 20.9. The number of aliphatic hydroxyl groups is 1. The van der Waals surface area contributed by atoms with Gasteiger partial charge in [-0.1, -0.05) is 0 Å². The molecule has 0 bridgehead atoms. The van der Waals surface area contributed by atoms with Gasteiger partial charge in [0.15, 0.2) is 0 Å². The summed E-state index contributed by atoms with van der Waals surface area (Å²) in [6.45, 7) is 1.05. The Morgan fingerprint density at radius 3 is 2.39 bits per heavy atom. The normalized spacial score (nSPS) is 13.3. The van der Waals surface area contributed by atoms with Crippen molar-refractivity contribution in [2.45, 2.75) is 24.1 Å². The first kappa shape index (κ1) is 21.2. The number of carbonyl (C=O) groups is 1. The van der Waals surface area contributed by atoms with Gasteiger partial charge in [-0.25, -0.2) is 22.3 Å². The standard InChI is InChI=1S/C15H18FN5O6S/c1-8(16)13(22)12-9(5-4-6-17-12)28(24,25)21-15(23)20-14-18-10(26-2)7-11(19-14)27-3/h4-8,13,22H,1-3H3,(H2,18,19,20,21,23)/t8-,13-/m0/s1. The van der Waals surface area contributed by atoms with Crippen LogP contribution in [-0.4, -0.2) is 54.9 Å². The van der Waals surface area contributed by atoms with Crippen molar-refractivity contribution in [3.8, 4) is 11.8 Å². The van der Waals surface area contributed by atoms with E-state index in [1.54, 1.807) is 4.72 Å². The maximum atomic E-state index is 13.4. The first-order valence-electron chi connectivity index (χ1n) is 7.76. The van der Waals surface area contributed by atoms with Crippen LogP contribution in [0.25, 0.3) is 0 Å². The molecule has 2 rings (SSSR count). The van der Waals surface area contributed by atoms with Gasteiger partial charge in [-0.05, 0) is 19.1 Å². The number of methoxy groups -OCH3 is 2. The molecular weight excluding hydrogens is 397 g/mol. The molecule has 2 aromatic rings. The molecule has 0 saturated heterocycles. The highest BCUT2D eigenvalue weighted by atomic mass is 32.2. The predicted molar refractivity (Wildman–Crippen MR) is 94.2 cm³/mol. The molecule has 0 aliphatic heterocycles. The minimum atomic E-state index is -4.49. The molecule has 0 radical (unpaired) electrons. The third kappa shape index (κ3) is 5.01. The number of anilines is 1. The lowest BCUT2D eigenvalue weighted by atomic mass is 10.1. The van der Waals surface area contributed by atoms with Crippen molar-refractivity contribution in [3.05, 3.63) is 30.1 Å². The summed E-state index contributed by atoms with van der Waals surface area (Å²) in [5, 5.41) is 12.0. The van der Waals surface area contributed by atoms with Gasteiger partial charge < -0.3 is 14.6 Å². The Bertz CT molecular complexity index is 933. The van der Waals surface area contributed by atoms with Crippen LogP contribution in [0.4, 0.5) is 15.1 Å². The molecule has 0 spiro atoms. The van der Waals surface area contributed by atoms with Crippen LogP contribution in [0.1, 0.15) is 18.7 Å². The lowest BCUT2D eigenvalue weighted by Crippen LogP contribution is -2.36. The average molecular weight is 415 g/mol. The Kier molecular flexibility index (Phi) is 6.64. The zero-order valence-electron chi connectivity index (χ0n) is 15.1. The van der Waals surface area contributed by atoms with Crippen molar-refractivity contribution >= 4 is 22.0 Å². The molecule has 0 unspecified atom stereocenters. The summed E-state index contributed by atoms with van der Waals surface area (Å²) in [7, 11) is -1.83. The second-order valence-corrected chi connectivity index (χ2v) is 7.00. The summed E-state index contributed by atoms with van der Waals surface area (Å²) >= 11 is 0. The van der Waals surface area contributed by atoms with Crippen LogP contribution in [0.2, 0.25) is 0 Å². The van der Waals surface area contributed by atoms with Gasteiger partial charge in [0.2, 0.25) is 17.7 Å². The number of pyridine rings is 1. The summed E-state index contributed by atoms with van der Waals surface area (Å²) in [5.41, 5.74) is -0.433. The first-order valence-corrected chi connectivity index (χ1v) is 9.24. The van der Waals surface area contributed by atoms with Gasteiger partial charge in [-0.15, -0.1) is 0 Å². The third-order valence-electron chi connectivity index (χ3n) is 3.35. The van der Waals surface area contributed by atoms with Gasteiger partial charge in [0.05, 0.1) is 26.0 Å². The number of aliphatic hydroxyl groups excluding tert-OH is 1. The number of aromatic nitrogens is 3. The van der Waals surface area contributed by atoms with E-state index < -0.39 is 38.9 Å². The molecule has 2 atom stereocenters. The maximum absolute atomic E-state index is 13.4. The van der Waals surface area contributed by atoms with Gasteiger partial charge in [0.1, 0.15) is 17.2 Å². The van der Waals surface area contributed by atoms with Crippen molar-refractivity contribution < 1.29 is 32.2 Å². The maximum Gasteiger partial charge on any atom is 0.335 e. The number of nitrogens with one attached hydrogen (secondary N) is 2. The molecule has 2 heterocycles. The summed E-state index contributed by atoms with van der Waals surface area (Å²) in [4.78, 5) is 22.9. The number of hydrogen-bond acceptors (Lipinski definition) is 9. The van der Waals surface area contributed by atoms with E-state index in [0.717, 1.165) is 13.0 Å². The third-order valence-corrected chi connectivity index (χ3v) is 4.73. The molecule has 2 aromatic heterocycles. The number of sulfonamides is 1. The fourth-order valence-corrected chi connectivity index (χ4v) is 3.15. The highest BCUT2D eigenvalue weighted by Gasteiger charge is 2.28. The Morgan fingerprint density at radius 1 is 1.25 bits per heavy atom. The number of carbonyl (C=O) groups excluding carboxylic acids is 1. The number of halogens is 1. The molecule has 13 heteroatoms. The number of hydrogen-bond donors (Lipinski definition) is 3. The van der Waals surface area contributed by atoms with E-state index in [1.165, 1.54) is 32.5 Å². The summed E-state index contributed by atoms with van der Waals surface area (Å²) in [6.07, 6.45) is -2.38. The van der Waals surface area contributed by atoms with Crippen molar-refractivity contribution in [2.24, 2.45) is 0 Å². The van der Waals surface area contributed by atoms with Gasteiger partial charge in [0.25, 0.3) is 10.0 Å². The highest BCUT2D eigenvalue weighted by Crippen LogP contribution is 2.24. The van der Waals surface area contributed by atoms with E-state index in [9.17, 15) is 22.7 Å². The van der Waals surface area contributed by atoms with Crippen LogP contribution >= 0.6 is 0 Å². The summed E-state index contributed by atoms with van der Waals surface area (Å²) < 4.78 is 50.0. The topological polar surface area (TPSA) is 153 Å². The smallest absolute Gasteiger partial charge is 0.335 e. The number of urea groups is 1. The van der Waals surface area contributed by atoms with Crippen molar-refractivity contribution in [3.63, 3.8) is 0 Å². The fraction of sp³-hybridized carbons (Fsp3) is 0.333. The van der Waals surface area contributed by atoms with E-state index in [-0.39, 0.29) is 17.7 Å². The number of ether oxygens (including phenoxy) is 2. The van der Waals surface area contributed by atoms with Crippen molar-refractivity contribution in [1.82, 2.24) is 19.7 Å². The number of amides is 2. The second-order valence-electron chi connectivity index (χ2n) is 5.35. The van der Waals surface area contributed by atoms with E-state index >= 15 is 0 Å². The van der Waals surface area contributed by atoms with Crippen molar-refractivity contribution in [1.29, 1.82) is 0 Å². The SMILES string of the molecule is COc1cc(OC)nc(NC(=O)NS(=O)(=O)c2cccnc2[C@@H](O)[C@H](C)F)n1. The Morgan fingerprint density at radius 2 is 1.86 bits per heavy atom.